The molecule has 5 heteroatoms. The smallest absolute Gasteiger partial charge is 0.263 e. The van der Waals surface area contributed by atoms with E-state index in [2.05, 4.69) is 0 Å². The highest BCUT2D eigenvalue weighted by atomic mass is 35.7. The Hall–Kier alpha value is -1.00. The Labute approximate surface area is 99.1 Å². The van der Waals surface area contributed by atoms with Crippen LogP contribution in [0.4, 0.5) is 0 Å². The van der Waals surface area contributed by atoms with Gasteiger partial charge in [0.15, 0.2) is 0 Å². The Bertz CT molecular complexity index is 671. The molecule has 2 rings (SSSR count). The third-order valence-corrected chi connectivity index (χ3v) is 3.99. The van der Waals surface area contributed by atoms with Gasteiger partial charge < -0.3 is 4.57 Å². The first kappa shape index (κ1) is 11.5. The maximum atomic E-state index is 11.4. The second kappa shape index (κ2) is 3.50. The molecule has 0 amide bonds. The van der Waals surface area contributed by atoms with Crippen LogP contribution < -0.4 is 0 Å². The lowest BCUT2D eigenvalue weighted by Gasteiger charge is -2.02. The van der Waals surface area contributed by atoms with Gasteiger partial charge >= 0.3 is 0 Å². The highest BCUT2D eigenvalue weighted by molar-refractivity contribution is 8.14. The topological polar surface area (TPSA) is 39.1 Å². The summed E-state index contributed by atoms with van der Waals surface area (Å²) in [4.78, 5) is 0.184. The number of hydrogen-bond donors (Lipinski definition) is 0. The molecule has 0 N–H and O–H groups in total. The highest BCUT2D eigenvalue weighted by Crippen LogP contribution is 2.30. The molecule has 0 aliphatic rings. The molecule has 1 heterocycles. The summed E-state index contributed by atoms with van der Waals surface area (Å²) < 4.78 is 24.7. The summed E-state index contributed by atoms with van der Waals surface area (Å²) in [5.74, 6) is 0. The minimum Gasteiger partial charge on any atom is -0.349 e. The second-order valence-electron chi connectivity index (χ2n) is 4.02. The summed E-state index contributed by atoms with van der Waals surface area (Å²) in [5, 5.41) is 0.711. The molecule has 0 saturated carbocycles. The standard InChI is InChI=1S/C11H12ClNO2S/c1-7-4-8(2)11-9(5-7)13(3)6-10(11)16(12,14)15/h4-6H,1-3H3. The Morgan fingerprint density at radius 2 is 1.88 bits per heavy atom. The van der Waals surface area contributed by atoms with E-state index in [1.165, 1.54) is 0 Å². The van der Waals surface area contributed by atoms with Gasteiger partial charge in [0, 0.05) is 34.8 Å². The zero-order valence-corrected chi connectivity index (χ0v) is 10.9. The molecular formula is C11H12ClNO2S. The molecule has 0 fully saturated rings. The van der Waals surface area contributed by atoms with E-state index in [9.17, 15) is 8.42 Å². The van der Waals surface area contributed by atoms with Crippen LogP contribution in [0.2, 0.25) is 0 Å². The average Bonchev–Trinajstić information content (AvgIpc) is 2.43. The van der Waals surface area contributed by atoms with E-state index in [0.717, 1.165) is 16.6 Å². The molecule has 0 bridgehead atoms. The highest BCUT2D eigenvalue weighted by Gasteiger charge is 2.19. The second-order valence-corrected chi connectivity index (χ2v) is 6.55. The van der Waals surface area contributed by atoms with E-state index in [0.29, 0.717) is 5.39 Å². The number of benzene rings is 1. The normalized spacial score (nSPS) is 12.2. The van der Waals surface area contributed by atoms with Gasteiger partial charge in [0.2, 0.25) is 0 Å². The monoisotopic (exact) mass is 257 g/mol. The van der Waals surface area contributed by atoms with Crippen molar-refractivity contribution >= 4 is 30.6 Å². The van der Waals surface area contributed by atoms with Crippen LogP contribution in [0.25, 0.3) is 10.9 Å². The summed E-state index contributed by atoms with van der Waals surface area (Å²) in [7, 11) is 3.54. The van der Waals surface area contributed by atoms with Crippen LogP contribution in [0.3, 0.4) is 0 Å². The molecule has 86 valence electrons. The molecule has 1 aromatic heterocycles. The number of hydrogen-bond acceptors (Lipinski definition) is 2. The maximum absolute atomic E-state index is 11.4. The van der Waals surface area contributed by atoms with Crippen molar-refractivity contribution in [2.75, 3.05) is 0 Å². The molecule has 2 aromatic rings. The lowest BCUT2D eigenvalue weighted by molar-refractivity contribution is 0.610. The minimum absolute atomic E-state index is 0.184. The van der Waals surface area contributed by atoms with Crippen molar-refractivity contribution in [2.24, 2.45) is 7.05 Å². The largest absolute Gasteiger partial charge is 0.349 e. The predicted molar refractivity (Wildman–Crippen MR) is 65.4 cm³/mol. The summed E-state index contributed by atoms with van der Waals surface area (Å²) >= 11 is 0. The van der Waals surface area contributed by atoms with Gasteiger partial charge in [0.25, 0.3) is 9.05 Å². The zero-order valence-electron chi connectivity index (χ0n) is 9.28. The molecule has 1 aromatic carbocycles. The average molecular weight is 258 g/mol. The van der Waals surface area contributed by atoms with Crippen LogP contribution in [0.15, 0.2) is 23.2 Å². The lowest BCUT2D eigenvalue weighted by Crippen LogP contribution is -1.89. The Morgan fingerprint density at radius 3 is 2.44 bits per heavy atom. The fourth-order valence-electron chi connectivity index (χ4n) is 2.04. The molecule has 0 spiro atoms. The third kappa shape index (κ3) is 1.72. The van der Waals surface area contributed by atoms with Crippen LogP contribution in [0.1, 0.15) is 11.1 Å². The first-order valence-electron chi connectivity index (χ1n) is 4.81. The Balaban J connectivity index is 3.01. The van der Waals surface area contributed by atoms with Crippen LogP contribution in [-0.4, -0.2) is 13.0 Å². The van der Waals surface area contributed by atoms with Crippen LogP contribution in [0.5, 0.6) is 0 Å². The third-order valence-electron chi connectivity index (χ3n) is 2.66. The van der Waals surface area contributed by atoms with E-state index >= 15 is 0 Å². The Kier molecular flexibility index (Phi) is 2.51. The van der Waals surface area contributed by atoms with Gasteiger partial charge in [-0.25, -0.2) is 8.42 Å². The van der Waals surface area contributed by atoms with E-state index in [1.54, 1.807) is 10.8 Å². The number of halogens is 1. The van der Waals surface area contributed by atoms with Gasteiger partial charge in [-0.3, -0.25) is 0 Å². The summed E-state index contributed by atoms with van der Waals surface area (Å²) in [6.07, 6.45) is 1.56. The fourth-order valence-corrected chi connectivity index (χ4v) is 3.18. The van der Waals surface area contributed by atoms with Crippen molar-refractivity contribution in [3.05, 3.63) is 29.5 Å². The molecule has 3 nitrogen and oxygen atoms in total. The number of fused-ring (bicyclic) bond motifs is 1. The number of aryl methyl sites for hydroxylation is 3. The van der Waals surface area contributed by atoms with Crippen molar-refractivity contribution in [1.29, 1.82) is 0 Å². The number of aromatic nitrogens is 1. The van der Waals surface area contributed by atoms with Crippen molar-refractivity contribution in [3.8, 4) is 0 Å². The molecule has 0 radical (unpaired) electrons. The molecule has 16 heavy (non-hydrogen) atoms. The molecule has 0 unspecified atom stereocenters. The van der Waals surface area contributed by atoms with Crippen LogP contribution in [-0.2, 0) is 16.1 Å². The van der Waals surface area contributed by atoms with Gasteiger partial charge in [-0.05, 0) is 31.0 Å². The van der Waals surface area contributed by atoms with Gasteiger partial charge in [-0.15, -0.1) is 0 Å². The van der Waals surface area contributed by atoms with Crippen molar-refractivity contribution in [3.63, 3.8) is 0 Å². The van der Waals surface area contributed by atoms with Gasteiger partial charge in [0.05, 0.1) is 0 Å². The molecule has 0 saturated heterocycles. The summed E-state index contributed by atoms with van der Waals surface area (Å²) in [5.41, 5.74) is 2.91. The number of nitrogens with zero attached hydrogens (tertiary/aromatic N) is 1. The minimum atomic E-state index is -3.69. The van der Waals surface area contributed by atoms with Gasteiger partial charge in [0.1, 0.15) is 4.90 Å². The number of rotatable bonds is 1. The molecular weight excluding hydrogens is 246 g/mol. The first-order valence-corrected chi connectivity index (χ1v) is 7.12. The molecule has 0 aliphatic carbocycles. The zero-order chi connectivity index (χ0) is 12.1. The summed E-state index contributed by atoms with van der Waals surface area (Å²) in [6.45, 7) is 3.87. The quantitative estimate of drug-likeness (QED) is 0.737. The van der Waals surface area contributed by atoms with Crippen molar-refractivity contribution in [1.82, 2.24) is 4.57 Å². The van der Waals surface area contributed by atoms with E-state index in [4.69, 9.17) is 10.7 Å². The van der Waals surface area contributed by atoms with Gasteiger partial charge in [-0.1, -0.05) is 6.07 Å². The summed E-state index contributed by atoms with van der Waals surface area (Å²) in [6, 6.07) is 3.90. The molecule has 0 aliphatic heterocycles. The molecule has 0 atom stereocenters. The SMILES string of the molecule is Cc1cc(C)c2c(S(=O)(=O)Cl)cn(C)c2c1. The van der Waals surface area contributed by atoms with Gasteiger partial charge in [-0.2, -0.15) is 0 Å². The fraction of sp³-hybridized carbons (Fsp3) is 0.273. The lowest BCUT2D eigenvalue weighted by atomic mass is 10.1. The van der Waals surface area contributed by atoms with Crippen LogP contribution in [0, 0.1) is 13.8 Å². The van der Waals surface area contributed by atoms with Crippen LogP contribution >= 0.6 is 10.7 Å². The maximum Gasteiger partial charge on any atom is 0.263 e. The predicted octanol–water partition coefficient (Wildman–Crippen LogP) is 2.72. The van der Waals surface area contributed by atoms with E-state index < -0.39 is 9.05 Å². The first-order chi connectivity index (χ1) is 7.30. The van der Waals surface area contributed by atoms with E-state index in [-0.39, 0.29) is 4.90 Å². The van der Waals surface area contributed by atoms with E-state index in [1.807, 2.05) is 33.0 Å². The van der Waals surface area contributed by atoms with Crippen molar-refractivity contribution in [2.45, 2.75) is 18.7 Å². The van der Waals surface area contributed by atoms with Crippen molar-refractivity contribution < 1.29 is 8.42 Å². The Morgan fingerprint density at radius 1 is 1.25 bits per heavy atom.